The van der Waals surface area contributed by atoms with Crippen LogP contribution in [0.1, 0.15) is 29.8 Å². The number of halogens is 1. The van der Waals surface area contributed by atoms with E-state index < -0.39 is 5.82 Å². The normalized spacial score (nSPS) is 28.1. The first-order valence-corrected chi connectivity index (χ1v) is 8.05. The highest BCUT2D eigenvalue weighted by molar-refractivity contribution is 8.08. The molecule has 1 heterocycles. The standard InChI is InChI=1S/C14H17FOS2/c1-8-4-5-12(15)11(6-8)14(16)13-7-17-9(2)10(3)18-13/h4-6,9-10,13H,7H2,1-3H3. The minimum Gasteiger partial charge on any atom is -0.293 e. The van der Waals surface area contributed by atoms with E-state index in [0.29, 0.717) is 10.5 Å². The van der Waals surface area contributed by atoms with Crippen LogP contribution in [0.2, 0.25) is 0 Å². The molecule has 1 saturated heterocycles. The summed E-state index contributed by atoms with van der Waals surface area (Å²) in [5.74, 6) is 0.317. The Morgan fingerprint density at radius 2 is 2.06 bits per heavy atom. The molecular weight excluding hydrogens is 267 g/mol. The van der Waals surface area contributed by atoms with Crippen molar-refractivity contribution in [2.45, 2.75) is 36.5 Å². The van der Waals surface area contributed by atoms with Crippen LogP contribution in [0.4, 0.5) is 4.39 Å². The lowest BCUT2D eigenvalue weighted by atomic mass is 10.1. The molecule has 1 nitrogen and oxygen atoms in total. The second-order valence-electron chi connectivity index (χ2n) is 4.72. The van der Waals surface area contributed by atoms with Gasteiger partial charge in [0.1, 0.15) is 5.82 Å². The van der Waals surface area contributed by atoms with Crippen LogP contribution in [-0.2, 0) is 0 Å². The van der Waals surface area contributed by atoms with Crippen LogP contribution in [-0.4, -0.2) is 27.3 Å². The number of aryl methyl sites for hydroxylation is 1. The van der Waals surface area contributed by atoms with Gasteiger partial charge in [-0.05, 0) is 19.1 Å². The number of carbonyl (C=O) groups is 1. The number of hydrogen-bond acceptors (Lipinski definition) is 3. The van der Waals surface area contributed by atoms with Gasteiger partial charge in [0.15, 0.2) is 5.78 Å². The number of thioether (sulfide) groups is 2. The third kappa shape index (κ3) is 2.91. The smallest absolute Gasteiger partial charge is 0.179 e. The van der Waals surface area contributed by atoms with Crippen LogP contribution in [0.5, 0.6) is 0 Å². The molecule has 0 saturated carbocycles. The lowest BCUT2D eigenvalue weighted by molar-refractivity contribution is 0.0991. The Labute approximate surface area is 116 Å². The Bertz CT molecular complexity index is 461. The molecule has 1 aromatic rings. The maximum Gasteiger partial charge on any atom is 0.179 e. The molecule has 0 radical (unpaired) electrons. The third-order valence-electron chi connectivity index (χ3n) is 3.23. The van der Waals surface area contributed by atoms with Gasteiger partial charge < -0.3 is 0 Å². The van der Waals surface area contributed by atoms with Crippen molar-refractivity contribution in [3.05, 3.63) is 35.1 Å². The average Bonchev–Trinajstić information content (AvgIpc) is 2.35. The zero-order valence-electron chi connectivity index (χ0n) is 10.8. The molecule has 0 aliphatic carbocycles. The number of Topliss-reactive ketones (excluding diaryl/α,β-unsaturated/α-hetero) is 1. The van der Waals surface area contributed by atoms with Gasteiger partial charge in [0, 0.05) is 16.3 Å². The van der Waals surface area contributed by atoms with Gasteiger partial charge in [0.2, 0.25) is 0 Å². The van der Waals surface area contributed by atoms with Crippen molar-refractivity contribution in [2.24, 2.45) is 0 Å². The van der Waals surface area contributed by atoms with Crippen LogP contribution in [0.15, 0.2) is 18.2 Å². The molecule has 18 heavy (non-hydrogen) atoms. The highest BCUT2D eigenvalue weighted by atomic mass is 32.2. The zero-order valence-corrected chi connectivity index (χ0v) is 12.4. The van der Waals surface area contributed by atoms with Gasteiger partial charge in [-0.25, -0.2) is 4.39 Å². The van der Waals surface area contributed by atoms with Crippen LogP contribution in [0, 0.1) is 12.7 Å². The molecule has 2 rings (SSSR count). The molecule has 4 heteroatoms. The number of hydrogen-bond donors (Lipinski definition) is 0. The second kappa shape index (κ2) is 5.66. The maximum absolute atomic E-state index is 13.7. The first kappa shape index (κ1) is 13.9. The molecule has 0 aromatic heterocycles. The monoisotopic (exact) mass is 284 g/mol. The minimum atomic E-state index is -0.400. The van der Waals surface area contributed by atoms with Crippen molar-refractivity contribution in [1.82, 2.24) is 0 Å². The molecule has 1 aliphatic heterocycles. The molecule has 0 spiro atoms. The quantitative estimate of drug-likeness (QED) is 0.766. The van der Waals surface area contributed by atoms with E-state index in [4.69, 9.17) is 0 Å². The Kier molecular flexibility index (Phi) is 4.38. The van der Waals surface area contributed by atoms with Gasteiger partial charge >= 0.3 is 0 Å². The van der Waals surface area contributed by atoms with E-state index in [1.165, 1.54) is 6.07 Å². The van der Waals surface area contributed by atoms with Crippen LogP contribution >= 0.6 is 23.5 Å². The Hall–Kier alpha value is -0.480. The summed E-state index contributed by atoms with van der Waals surface area (Å²) in [5.41, 5.74) is 1.17. The van der Waals surface area contributed by atoms with Gasteiger partial charge in [-0.2, -0.15) is 11.8 Å². The summed E-state index contributed by atoms with van der Waals surface area (Å²) >= 11 is 3.48. The van der Waals surface area contributed by atoms with E-state index in [1.54, 1.807) is 35.7 Å². The molecule has 0 bridgehead atoms. The van der Waals surface area contributed by atoms with Crippen molar-refractivity contribution in [1.29, 1.82) is 0 Å². The molecule has 0 amide bonds. The number of ketones is 1. The van der Waals surface area contributed by atoms with E-state index in [0.717, 1.165) is 11.3 Å². The molecule has 1 fully saturated rings. The average molecular weight is 284 g/mol. The van der Waals surface area contributed by atoms with Gasteiger partial charge in [-0.3, -0.25) is 4.79 Å². The van der Waals surface area contributed by atoms with Crippen LogP contribution < -0.4 is 0 Å². The van der Waals surface area contributed by atoms with Crippen molar-refractivity contribution in [2.75, 3.05) is 5.75 Å². The van der Waals surface area contributed by atoms with E-state index in [9.17, 15) is 9.18 Å². The Morgan fingerprint density at radius 3 is 2.72 bits per heavy atom. The minimum absolute atomic E-state index is 0.0625. The van der Waals surface area contributed by atoms with E-state index in [1.807, 2.05) is 6.92 Å². The highest BCUT2D eigenvalue weighted by Gasteiger charge is 2.31. The lowest BCUT2D eigenvalue weighted by Gasteiger charge is -2.30. The van der Waals surface area contributed by atoms with Crippen LogP contribution in [0.25, 0.3) is 0 Å². The Morgan fingerprint density at radius 1 is 1.33 bits per heavy atom. The van der Waals surface area contributed by atoms with E-state index in [2.05, 4.69) is 13.8 Å². The van der Waals surface area contributed by atoms with Gasteiger partial charge in [-0.15, -0.1) is 11.8 Å². The summed E-state index contributed by atoms with van der Waals surface area (Å²) in [6.45, 7) is 6.19. The van der Waals surface area contributed by atoms with Gasteiger partial charge in [0.05, 0.1) is 10.8 Å². The zero-order chi connectivity index (χ0) is 13.3. The summed E-state index contributed by atoms with van der Waals surface area (Å²) in [4.78, 5) is 12.4. The molecular formula is C14H17FOS2. The molecule has 98 valence electrons. The SMILES string of the molecule is Cc1ccc(F)c(C(=O)C2CSC(C)C(C)S2)c1. The van der Waals surface area contributed by atoms with Gasteiger partial charge in [-0.1, -0.05) is 25.5 Å². The fourth-order valence-corrected chi connectivity index (χ4v) is 4.79. The summed E-state index contributed by atoms with van der Waals surface area (Å²) in [6.07, 6.45) is 0. The first-order valence-electron chi connectivity index (χ1n) is 6.06. The summed E-state index contributed by atoms with van der Waals surface area (Å²) in [6, 6.07) is 4.74. The number of rotatable bonds is 2. The predicted octanol–water partition coefficient (Wildman–Crippen LogP) is 3.94. The molecule has 0 N–H and O–H groups in total. The largest absolute Gasteiger partial charge is 0.293 e. The fourth-order valence-electron chi connectivity index (χ4n) is 1.92. The van der Waals surface area contributed by atoms with Crippen molar-refractivity contribution < 1.29 is 9.18 Å². The summed E-state index contributed by atoms with van der Waals surface area (Å²) in [5, 5.41) is 0.879. The van der Waals surface area contributed by atoms with Crippen LogP contribution in [0.3, 0.4) is 0 Å². The summed E-state index contributed by atoms with van der Waals surface area (Å²) in [7, 11) is 0. The van der Waals surface area contributed by atoms with Gasteiger partial charge in [0.25, 0.3) is 0 Å². The third-order valence-corrected chi connectivity index (χ3v) is 6.62. The fraction of sp³-hybridized carbons (Fsp3) is 0.500. The molecule has 3 unspecified atom stereocenters. The number of carbonyl (C=O) groups excluding carboxylic acids is 1. The van der Waals surface area contributed by atoms with E-state index >= 15 is 0 Å². The van der Waals surface area contributed by atoms with Crippen molar-refractivity contribution in [3.63, 3.8) is 0 Å². The topological polar surface area (TPSA) is 17.1 Å². The molecule has 1 aromatic carbocycles. The Balaban J connectivity index is 2.19. The summed E-state index contributed by atoms with van der Waals surface area (Å²) < 4.78 is 13.7. The lowest BCUT2D eigenvalue weighted by Crippen LogP contribution is -2.32. The predicted molar refractivity (Wildman–Crippen MR) is 78.2 cm³/mol. The molecule has 1 aliphatic rings. The number of benzene rings is 1. The first-order chi connectivity index (χ1) is 8.49. The molecule has 3 atom stereocenters. The second-order valence-corrected chi connectivity index (χ2v) is 7.71. The maximum atomic E-state index is 13.7. The van der Waals surface area contributed by atoms with E-state index in [-0.39, 0.29) is 16.6 Å². The highest BCUT2D eigenvalue weighted by Crippen LogP contribution is 2.37. The van der Waals surface area contributed by atoms with Crippen molar-refractivity contribution >= 4 is 29.3 Å². The van der Waals surface area contributed by atoms with Crippen molar-refractivity contribution in [3.8, 4) is 0 Å².